The zero-order chi connectivity index (χ0) is 17.2. The Kier molecular flexibility index (Phi) is 5.08. The first-order valence-corrected chi connectivity index (χ1v) is 9.83. The molecule has 0 bridgehead atoms. The third kappa shape index (κ3) is 4.23. The average molecular weight is 346 g/mol. The van der Waals surface area contributed by atoms with E-state index in [1.165, 1.54) is 25.7 Å². The van der Waals surface area contributed by atoms with Gasteiger partial charge in [0.2, 0.25) is 5.91 Å². The van der Waals surface area contributed by atoms with Crippen molar-refractivity contribution in [2.45, 2.75) is 51.6 Å². The summed E-state index contributed by atoms with van der Waals surface area (Å²) in [6.45, 7) is 8.06. The molecule has 0 radical (unpaired) electrons. The van der Waals surface area contributed by atoms with Gasteiger partial charge in [0.15, 0.2) is 0 Å². The Hall–Kier alpha value is -1.40. The van der Waals surface area contributed by atoms with E-state index < -0.39 is 0 Å². The van der Waals surface area contributed by atoms with Gasteiger partial charge in [-0.25, -0.2) is 4.98 Å². The monoisotopic (exact) mass is 346 g/mol. The minimum atomic E-state index is 0.106. The van der Waals surface area contributed by atoms with Crippen LogP contribution in [-0.4, -0.2) is 53.2 Å². The van der Waals surface area contributed by atoms with Crippen LogP contribution in [0.3, 0.4) is 0 Å². The van der Waals surface area contributed by atoms with Gasteiger partial charge in [-0.15, -0.1) is 0 Å². The molecule has 3 heterocycles. The predicted molar refractivity (Wildman–Crippen MR) is 95.2 cm³/mol. The Bertz CT molecular complexity index is 605. The normalized spacial score (nSPS) is 24.9. The van der Waals surface area contributed by atoms with Gasteiger partial charge in [-0.3, -0.25) is 9.69 Å². The van der Waals surface area contributed by atoms with Crippen LogP contribution in [0, 0.1) is 11.8 Å². The van der Waals surface area contributed by atoms with Crippen molar-refractivity contribution in [3.63, 3.8) is 0 Å². The minimum absolute atomic E-state index is 0.106. The van der Waals surface area contributed by atoms with Gasteiger partial charge in [-0.1, -0.05) is 0 Å². The van der Waals surface area contributed by atoms with Crippen molar-refractivity contribution in [2.24, 2.45) is 11.8 Å². The summed E-state index contributed by atoms with van der Waals surface area (Å²) in [4.78, 5) is 19.4. The Morgan fingerprint density at radius 3 is 2.80 bits per heavy atom. The molecule has 3 aliphatic rings. The van der Waals surface area contributed by atoms with Crippen molar-refractivity contribution < 1.29 is 9.53 Å². The molecule has 1 aromatic heterocycles. The summed E-state index contributed by atoms with van der Waals surface area (Å²) in [6, 6.07) is 0.319. The molecule has 1 saturated carbocycles. The maximum atomic E-state index is 12.1. The highest BCUT2D eigenvalue weighted by molar-refractivity contribution is 5.78. The number of hydrogen-bond acceptors (Lipinski definition) is 4. The highest BCUT2D eigenvalue weighted by Crippen LogP contribution is 2.28. The molecule has 0 aromatic carbocycles. The smallest absolute Gasteiger partial charge is 0.226 e. The average Bonchev–Trinajstić information content (AvgIpc) is 3.36. The molecule has 1 amide bonds. The van der Waals surface area contributed by atoms with E-state index in [-0.39, 0.29) is 5.91 Å². The standard InChI is InChI=1S/C19H30N4O2/c1-14-19-21-17(10-18(24)20-11-15-2-3-15)13-23(19)7-6-22(14)12-16-4-8-25-9-5-16/h13-16H,2-12H2,1H3,(H,20,24)/t14-/m0/s1. The van der Waals surface area contributed by atoms with E-state index in [9.17, 15) is 4.79 Å². The van der Waals surface area contributed by atoms with E-state index in [2.05, 4.69) is 27.9 Å². The van der Waals surface area contributed by atoms with Crippen LogP contribution in [0.4, 0.5) is 0 Å². The number of aromatic nitrogens is 2. The summed E-state index contributed by atoms with van der Waals surface area (Å²) in [7, 11) is 0. The van der Waals surface area contributed by atoms with E-state index in [0.29, 0.717) is 12.5 Å². The lowest BCUT2D eigenvalue weighted by Gasteiger charge is -2.37. The van der Waals surface area contributed by atoms with Crippen LogP contribution in [0.2, 0.25) is 0 Å². The molecule has 1 aliphatic carbocycles. The maximum absolute atomic E-state index is 12.1. The molecule has 0 unspecified atom stereocenters. The van der Waals surface area contributed by atoms with Crippen LogP contribution in [0.5, 0.6) is 0 Å². The molecule has 25 heavy (non-hydrogen) atoms. The van der Waals surface area contributed by atoms with E-state index in [1.54, 1.807) is 0 Å². The first-order valence-electron chi connectivity index (χ1n) is 9.83. The predicted octanol–water partition coefficient (Wildman–Crippen LogP) is 1.75. The Morgan fingerprint density at radius 1 is 1.24 bits per heavy atom. The van der Waals surface area contributed by atoms with Crippen LogP contribution in [0.1, 0.15) is 50.2 Å². The SMILES string of the molecule is C[C@H]1c2nc(CC(=O)NCC3CC3)cn2CCN1CC1CCOCC1. The van der Waals surface area contributed by atoms with E-state index >= 15 is 0 Å². The van der Waals surface area contributed by atoms with Gasteiger partial charge in [-0.2, -0.15) is 0 Å². The number of carbonyl (C=O) groups is 1. The second kappa shape index (κ2) is 7.46. The van der Waals surface area contributed by atoms with Crippen molar-refractivity contribution in [1.29, 1.82) is 0 Å². The van der Waals surface area contributed by atoms with Crippen molar-refractivity contribution in [3.05, 3.63) is 17.7 Å². The topological polar surface area (TPSA) is 59.4 Å². The summed E-state index contributed by atoms with van der Waals surface area (Å²) >= 11 is 0. The Balaban J connectivity index is 1.34. The van der Waals surface area contributed by atoms with Gasteiger partial charge in [0.1, 0.15) is 5.82 Å². The molecule has 1 saturated heterocycles. The van der Waals surface area contributed by atoms with Gasteiger partial charge in [0, 0.05) is 45.6 Å². The second-order valence-corrected chi connectivity index (χ2v) is 7.93. The quantitative estimate of drug-likeness (QED) is 0.853. The molecule has 0 spiro atoms. The molecular weight excluding hydrogens is 316 g/mol. The number of rotatable bonds is 6. The lowest BCUT2D eigenvalue weighted by atomic mass is 9.98. The third-order valence-corrected chi connectivity index (χ3v) is 5.87. The van der Waals surface area contributed by atoms with Crippen molar-refractivity contribution >= 4 is 5.91 Å². The van der Waals surface area contributed by atoms with Crippen molar-refractivity contribution in [3.8, 4) is 0 Å². The molecule has 1 atom stereocenters. The molecule has 6 heteroatoms. The molecule has 4 rings (SSSR count). The number of imidazole rings is 1. The van der Waals surface area contributed by atoms with Crippen LogP contribution in [0.25, 0.3) is 0 Å². The molecule has 6 nitrogen and oxygen atoms in total. The van der Waals surface area contributed by atoms with Gasteiger partial charge in [0.25, 0.3) is 0 Å². The third-order valence-electron chi connectivity index (χ3n) is 5.87. The fourth-order valence-electron chi connectivity index (χ4n) is 3.99. The molecular formula is C19H30N4O2. The Labute approximate surface area is 149 Å². The highest BCUT2D eigenvalue weighted by atomic mass is 16.5. The number of fused-ring (bicyclic) bond motifs is 1. The summed E-state index contributed by atoms with van der Waals surface area (Å²) < 4.78 is 7.72. The molecule has 1 N–H and O–H groups in total. The summed E-state index contributed by atoms with van der Waals surface area (Å²) in [5.74, 6) is 2.68. The number of carbonyl (C=O) groups excluding carboxylic acids is 1. The number of ether oxygens (including phenoxy) is 1. The van der Waals surface area contributed by atoms with Gasteiger partial charge < -0.3 is 14.6 Å². The number of amides is 1. The van der Waals surface area contributed by atoms with E-state index in [1.807, 2.05) is 0 Å². The first-order chi connectivity index (χ1) is 12.2. The van der Waals surface area contributed by atoms with Gasteiger partial charge in [0.05, 0.1) is 18.2 Å². The van der Waals surface area contributed by atoms with Crippen molar-refractivity contribution in [2.75, 3.05) is 32.8 Å². The lowest BCUT2D eigenvalue weighted by molar-refractivity contribution is -0.120. The van der Waals surface area contributed by atoms with Gasteiger partial charge in [-0.05, 0) is 44.4 Å². The van der Waals surface area contributed by atoms with Crippen LogP contribution in [-0.2, 0) is 22.5 Å². The van der Waals surface area contributed by atoms with E-state index in [0.717, 1.165) is 62.7 Å². The number of nitrogens with one attached hydrogen (secondary N) is 1. The molecule has 1 aromatic rings. The first kappa shape index (κ1) is 17.0. The second-order valence-electron chi connectivity index (χ2n) is 7.93. The lowest BCUT2D eigenvalue weighted by Crippen LogP contribution is -2.40. The summed E-state index contributed by atoms with van der Waals surface area (Å²) in [6.07, 6.45) is 7.35. The molecule has 138 valence electrons. The van der Waals surface area contributed by atoms with Crippen LogP contribution >= 0.6 is 0 Å². The molecule has 2 aliphatic heterocycles. The van der Waals surface area contributed by atoms with Crippen LogP contribution < -0.4 is 5.32 Å². The zero-order valence-electron chi connectivity index (χ0n) is 15.2. The number of hydrogen-bond donors (Lipinski definition) is 1. The summed E-state index contributed by atoms with van der Waals surface area (Å²) in [5.41, 5.74) is 0.906. The van der Waals surface area contributed by atoms with Crippen LogP contribution in [0.15, 0.2) is 6.20 Å². The van der Waals surface area contributed by atoms with E-state index in [4.69, 9.17) is 9.72 Å². The van der Waals surface area contributed by atoms with Gasteiger partial charge >= 0.3 is 0 Å². The van der Waals surface area contributed by atoms with Crippen molar-refractivity contribution in [1.82, 2.24) is 19.8 Å². The summed E-state index contributed by atoms with van der Waals surface area (Å²) in [5, 5.41) is 3.04. The highest BCUT2D eigenvalue weighted by Gasteiger charge is 2.29. The largest absolute Gasteiger partial charge is 0.381 e. The fourth-order valence-corrected chi connectivity index (χ4v) is 3.99. The minimum Gasteiger partial charge on any atom is -0.381 e. The molecule has 2 fully saturated rings. The maximum Gasteiger partial charge on any atom is 0.226 e. The number of nitrogens with zero attached hydrogens (tertiary/aromatic N) is 3. The Morgan fingerprint density at radius 2 is 2.04 bits per heavy atom. The zero-order valence-corrected chi connectivity index (χ0v) is 15.2. The fraction of sp³-hybridized carbons (Fsp3) is 0.789.